The van der Waals surface area contributed by atoms with Crippen LogP contribution in [0.5, 0.6) is 0 Å². The maximum atomic E-state index is 11.2. The summed E-state index contributed by atoms with van der Waals surface area (Å²) in [5.41, 5.74) is 0.345. The third-order valence-corrected chi connectivity index (χ3v) is 5.12. The van der Waals surface area contributed by atoms with Crippen molar-refractivity contribution in [2.75, 3.05) is 0 Å². The molecule has 98 valence electrons. The molecule has 1 heterocycles. The van der Waals surface area contributed by atoms with Crippen molar-refractivity contribution in [3.05, 3.63) is 0 Å². The van der Waals surface area contributed by atoms with Crippen LogP contribution in [0.15, 0.2) is 4.99 Å². The summed E-state index contributed by atoms with van der Waals surface area (Å²) in [7, 11) is 0. The molecule has 3 atom stereocenters. The smallest absolute Gasteiger partial charge is 0.288 e. The maximum absolute atomic E-state index is 11.2. The summed E-state index contributed by atoms with van der Waals surface area (Å²) in [6, 6.07) is 0.164. The number of amides is 2. The molecule has 3 unspecified atom stereocenters. The van der Waals surface area contributed by atoms with E-state index >= 15 is 0 Å². The van der Waals surface area contributed by atoms with Gasteiger partial charge in [0, 0.05) is 0 Å². The van der Waals surface area contributed by atoms with Crippen molar-refractivity contribution in [3.63, 3.8) is 0 Å². The SMILES string of the molecule is CC12CCC(C1)C(C)(C)C2N=C1NC(=O)C(=O)N1. The average molecular weight is 249 g/mol. The largest absolute Gasteiger partial charge is 0.316 e. The zero-order valence-electron chi connectivity index (χ0n) is 11.0. The molecule has 0 radical (unpaired) electrons. The molecule has 3 fully saturated rings. The van der Waals surface area contributed by atoms with Gasteiger partial charge >= 0.3 is 11.8 Å². The minimum atomic E-state index is -0.611. The van der Waals surface area contributed by atoms with Gasteiger partial charge in [-0.25, -0.2) is 4.99 Å². The van der Waals surface area contributed by atoms with Crippen LogP contribution in [0.1, 0.15) is 40.0 Å². The van der Waals surface area contributed by atoms with E-state index in [2.05, 4.69) is 36.4 Å². The summed E-state index contributed by atoms with van der Waals surface area (Å²) in [6.45, 7) is 6.76. The maximum Gasteiger partial charge on any atom is 0.316 e. The quantitative estimate of drug-likeness (QED) is 0.675. The minimum absolute atomic E-state index is 0.137. The highest BCUT2D eigenvalue weighted by atomic mass is 16.2. The molecule has 2 N–H and O–H groups in total. The van der Waals surface area contributed by atoms with Crippen molar-refractivity contribution in [3.8, 4) is 0 Å². The summed E-state index contributed by atoms with van der Waals surface area (Å²) in [6.07, 6.45) is 3.65. The second kappa shape index (κ2) is 3.33. The molecule has 2 amide bonds. The van der Waals surface area contributed by atoms with Gasteiger partial charge < -0.3 is 0 Å². The number of rotatable bonds is 1. The lowest BCUT2D eigenvalue weighted by Crippen LogP contribution is -2.41. The summed E-state index contributed by atoms with van der Waals surface area (Å²) >= 11 is 0. The first-order valence-corrected chi connectivity index (χ1v) is 6.53. The predicted molar refractivity (Wildman–Crippen MR) is 66.7 cm³/mol. The Kier molecular flexibility index (Phi) is 2.17. The van der Waals surface area contributed by atoms with E-state index in [-0.39, 0.29) is 16.9 Å². The highest BCUT2D eigenvalue weighted by molar-refractivity contribution is 6.45. The van der Waals surface area contributed by atoms with Crippen molar-refractivity contribution >= 4 is 17.8 Å². The highest BCUT2D eigenvalue weighted by Gasteiger charge is 2.59. The van der Waals surface area contributed by atoms with Crippen LogP contribution in [0.3, 0.4) is 0 Å². The fourth-order valence-corrected chi connectivity index (χ4v) is 4.15. The Bertz CT molecular complexity index is 446. The van der Waals surface area contributed by atoms with Crippen LogP contribution in [0, 0.1) is 16.7 Å². The molecule has 2 aliphatic carbocycles. The molecule has 18 heavy (non-hydrogen) atoms. The summed E-state index contributed by atoms with van der Waals surface area (Å²) < 4.78 is 0. The van der Waals surface area contributed by atoms with Gasteiger partial charge in [-0.15, -0.1) is 0 Å². The van der Waals surface area contributed by atoms with Crippen LogP contribution in [0.4, 0.5) is 0 Å². The third kappa shape index (κ3) is 1.42. The van der Waals surface area contributed by atoms with Gasteiger partial charge in [-0.05, 0) is 36.0 Å². The van der Waals surface area contributed by atoms with Gasteiger partial charge in [0.1, 0.15) is 0 Å². The van der Waals surface area contributed by atoms with Gasteiger partial charge in [0.2, 0.25) is 5.96 Å². The molecular formula is C13H19N3O2. The first-order chi connectivity index (χ1) is 8.33. The van der Waals surface area contributed by atoms with Crippen molar-refractivity contribution in [2.45, 2.75) is 46.1 Å². The topological polar surface area (TPSA) is 70.6 Å². The number of nitrogens with zero attached hydrogens (tertiary/aromatic N) is 1. The second-order valence-corrected chi connectivity index (χ2v) is 6.70. The highest BCUT2D eigenvalue weighted by Crippen LogP contribution is 2.63. The number of aliphatic imine (C=N–C) groups is 1. The van der Waals surface area contributed by atoms with E-state index in [1.165, 1.54) is 19.3 Å². The van der Waals surface area contributed by atoms with Gasteiger partial charge in [-0.2, -0.15) is 0 Å². The minimum Gasteiger partial charge on any atom is -0.288 e. The average Bonchev–Trinajstić information content (AvgIpc) is 2.85. The van der Waals surface area contributed by atoms with Crippen molar-refractivity contribution in [2.24, 2.45) is 21.7 Å². The van der Waals surface area contributed by atoms with Gasteiger partial charge in [0.25, 0.3) is 0 Å². The Morgan fingerprint density at radius 3 is 2.28 bits per heavy atom. The van der Waals surface area contributed by atoms with Gasteiger partial charge in [-0.3, -0.25) is 20.2 Å². The molecule has 0 aromatic carbocycles. The van der Waals surface area contributed by atoms with Gasteiger partial charge in [0.05, 0.1) is 6.04 Å². The monoisotopic (exact) mass is 249 g/mol. The Morgan fingerprint density at radius 1 is 1.17 bits per heavy atom. The number of fused-ring (bicyclic) bond motifs is 2. The van der Waals surface area contributed by atoms with E-state index < -0.39 is 11.8 Å². The van der Waals surface area contributed by atoms with E-state index in [0.29, 0.717) is 11.9 Å². The molecule has 2 bridgehead atoms. The van der Waals surface area contributed by atoms with E-state index in [9.17, 15) is 9.59 Å². The van der Waals surface area contributed by atoms with E-state index in [1.807, 2.05) is 0 Å². The predicted octanol–water partition coefficient (Wildman–Crippen LogP) is 0.803. The lowest BCUT2D eigenvalue weighted by Gasteiger charge is -2.40. The molecule has 0 aromatic rings. The molecule has 3 aliphatic rings. The van der Waals surface area contributed by atoms with E-state index in [4.69, 9.17) is 0 Å². The van der Waals surface area contributed by atoms with Crippen LogP contribution >= 0.6 is 0 Å². The third-order valence-electron chi connectivity index (χ3n) is 5.12. The molecule has 2 saturated carbocycles. The van der Waals surface area contributed by atoms with Crippen molar-refractivity contribution in [1.29, 1.82) is 0 Å². The number of carbonyl (C=O) groups excluding carboxylic acids is 2. The number of nitrogens with one attached hydrogen (secondary N) is 2. The van der Waals surface area contributed by atoms with E-state index in [1.54, 1.807) is 0 Å². The van der Waals surface area contributed by atoms with Crippen LogP contribution in [0.25, 0.3) is 0 Å². The zero-order valence-corrected chi connectivity index (χ0v) is 11.0. The zero-order chi connectivity index (χ0) is 13.1. The van der Waals surface area contributed by atoms with Gasteiger partial charge in [0.15, 0.2) is 0 Å². The summed E-state index contributed by atoms with van der Waals surface area (Å²) in [5.74, 6) is -0.193. The number of carbonyl (C=O) groups is 2. The fraction of sp³-hybridized carbons (Fsp3) is 0.769. The lowest BCUT2D eigenvalue weighted by atomic mass is 9.69. The number of hydrogen-bond acceptors (Lipinski definition) is 3. The van der Waals surface area contributed by atoms with Crippen LogP contribution in [-0.2, 0) is 9.59 Å². The second-order valence-electron chi connectivity index (χ2n) is 6.70. The molecular weight excluding hydrogens is 230 g/mol. The first-order valence-electron chi connectivity index (χ1n) is 6.53. The molecule has 1 aliphatic heterocycles. The van der Waals surface area contributed by atoms with Crippen LogP contribution in [-0.4, -0.2) is 23.8 Å². The molecule has 0 aromatic heterocycles. The summed E-state index contributed by atoms with van der Waals surface area (Å²) in [5, 5.41) is 4.99. The lowest BCUT2D eigenvalue weighted by molar-refractivity contribution is -0.135. The van der Waals surface area contributed by atoms with Crippen LogP contribution < -0.4 is 10.6 Å². The number of guanidine groups is 1. The van der Waals surface area contributed by atoms with Crippen molar-refractivity contribution < 1.29 is 9.59 Å². The van der Waals surface area contributed by atoms with Crippen molar-refractivity contribution in [1.82, 2.24) is 10.6 Å². The Balaban J connectivity index is 1.91. The fourth-order valence-electron chi connectivity index (χ4n) is 4.15. The molecule has 5 nitrogen and oxygen atoms in total. The Hall–Kier alpha value is -1.39. The normalized spacial score (nSPS) is 40.9. The van der Waals surface area contributed by atoms with Crippen LogP contribution in [0.2, 0.25) is 0 Å². The molecule has 0 spiro atoms. The number of hydrogen-bond donors (Lipinski definition) is 2. The Morgan fingerprint density at radius 2 is 1.78 bits per heavy atom. The Labute approximate surface area is 106 Å². The standard InChI is InChI=1S/C13H19N3O2/c1-12(2)7-4-5-13(3,6-7)10(12)16-11-14-8(17)9(18)15-11/h7,10H,4-6H2,1-3H3,(H2,14,15,16,17,18). The first kappa shape index (κ1) is 11.7. The van der Waals surface area contributed by atoms with E-state index in [0.717, 1.165) is 0 Å². The summed E-state index contributed by atoms with van der Waals surface area (Å²) in [4.78, 5) is 26.9. The van der Waals surface area contributed by atoms with Gasteiger partial charge in [-0.1, -0.05) is 20.8 Å². The molecule has 3 rings (SSSR count). The molecule has 1 saturated heterocycles. The molecule has 5 heteroatoms.